The molecule has 4 aromatic rings. The molecule has 0 spiro atoms. The number of amides is 1. The lowest BCUT2D eigenvalue weighted by Crippen LogP contribution is -2.36. The molecule has 0 fully saturated rings. The lowest BCUT2D eigenvalue weighted by Gasteiger charge is -2.26. The predicted octanol–water partition coefficient (Wildman–Crippen LogP) is 5.45. The predicted molar refractivity (Wildman–Crippen MR) is 121 cm³/mol. The monoisotopic (exact) mass is 413 g/mol. The van der Waals surface area contributed by atoms with Crippen molar-refractivity contribution in [2.24, 2.45) is 0 Å². The quantitative estimate of drug-likeness (QED) is 0.473. The summed E-state index contributed by atoms with van der Waals surface area (Å²) in [6, 6.07) is 19.6. The minimum absolute atomic E-state index is 0.176. The van der Waals surface area contributed by atoms with Crippen LogP contribution in [0.15, 0.2) is 72.9 Å². The Kier molecular flexibility index (Phi) is 5.51. The van der Waals surface area contributed by atoms with Gasteiger partial charge >= 0.3 is 0 Å². The van der Waals surface area contributed by atoms with Crippen LogP contribution in [-0.4, -0.2) is 22.4 Å². The summed E-state index contributed by atoms with van der Waals surface area (Å²) >= 11 is 0. The first kappa shape index (κ1) is 20.7. The molecule has 0 unspecified atom stereocenters. The van der Waals surface area contributed by atoms with Crippen LogP contribution in [0.25, 0.3) is 22.3 Å². The molecular weight excluding hydrogens is 389 g/mol. The van der Waals surface area contributed by atoms with Crippen LogP contribution in [0.2, 0.25) is 0 Å². The summed E-state index contributed by atoms with van der Waals surface area (Å²) in [7, 11) is 0. The normalized spacial score (nSPS) is 11.5. The molecule has 0 aliphatic heterocycles. The summed E-state index contributed by atoms with van der Waals surface area (Å²) in [5.41, 5.74) is 4.32. The second-order valence-corrected chi connectivity index (χ2v) is 8.31. The Bertz CT molecular complexity index is 1230. The van der Waals surface area contributed by atoms with E-state index in [1.807, 2.05) is 57.2 Å². The molecule has 0 atom stereocenters. The number of nitrogens with one attached hydrogen (secondary N) is 1. The van der Waals surface area contributed by atoms with E-state index >= 15 is 0 Å². The van der Waals surface area contributed by atoms with E-state index in [1.165, 1.54) is 12.1 Å². The van der Waals surface area contributed by atoms with Crippen LogP contribution in [0.1, 0.15) is 35.3 Å². The Morgan fingerprint density at radius 2 is 1.77 bits per heavy atom. The van der Waals surface area contributed by atoms with Crippen molar-refractivity contribution in [2.45, 2.75) is 26.2 Å². The fourth-order valence-electron chi connectivity index (χ4n) is 3.62. The maximum Gasteiger partial charge on any atom is 0.252 e. The summed E-state index contributed by atoms with van der Waals surface area (Å²) in [5.74, 6) is -0.449. The third-order valence-electron chi connectivity index (χ3n) is 5.53. The maximum atomic E-state index is 13.3. The van der Waals surface area contributed by atoms with Gasteiger partial charge in [0.25, 0.3) is 5.91 Å². The molecule has 1 amide bonds. The van der Waals surface area contributed by atoms with Crippen molar-refractivity contribution in [3.8, 4) is 11.4 Å². The minimum atomic E-state index is -0.355. The van der Waals surface area contributed by atoms with E-state index in [9.17, 15) is 9.18 Å². The first-order valence-electron chi connectivity index (χ1n) is 10.2. The summed E-state index contributed by atoms with van der Waals surface area (Å²) < 4.78 is 13.3. The number of aryl methyl sites for hydroxylation is 1. The highest BCUT2D eigenvalue weighted by Gasteiger charge is 2.23. The van der Waals surface area contributed by atoms with E-state index in [0.29, 0.717) is 23.5 Å². The molecule has 156 valence electrons. The van der Waals surface area contributed by atoms with E-state index in [1.54, 1.807) is 24.4 Å². The van der Waals surface area contributed by atoms with Gasteiger partial charge in [0.15, 0.2) is 0 Å². The van der Waals surface area contributed by atoms with Crippen LogP contribution in [0, 0.1) is 12.7 Å². The van der Waals surface area contributed by atoms with Gasteiger partial charge in [-0.15, -0.1) is 0 Å². The fraction of sp³-hybridized carbons (Fsp3) is 0.192. The van der Waals surface area contributed by atoms with Crippen LogP contribution >= 0.6 is 0 Å². The molecule has 4 rings (SSSR count). The number of aromatic nitrogens is 2. The molecule has 2 aromatic carbocycles. The van der Waals surface area contributed by atoms with Gasteiger partial charge in [-0.25, -0.2) is 9.37 Å². The number of carbonyl (C=O) groups is 1. The van der Waals surface area contributed by atoms with Gasteiger partial charge in [-0.3, -0.25) is 9.78 Å². The molecule has 31 heavy (non-hydrogen) atoms. The number of pyridine rings is 2. The molecule has 4 nitrogen and oxygen atoms in total. The van der Waals surface area contributed by atoms with Gasteiger partial charge in [-0.2, -0.15) is 0 Å². The zero-order valence-corrected chi connectivity index (χ0v) is 17.8. The molecule has 2 heterocycles. The molecule has 0 bridgehead atoms. The third-order valence-corrected chi connectivity index (χ3v) is 5.53. The van der Waals surface area contributed by atoms with Gasteiger partial charge in [0, 0.05) is 23.5 Å². The number of hydrogen-bond acceptors (Lipinski definition) is 3. The van der Waals surface area contributed by atoms with Gasteiger partial charge in [-0.1, -0.05) is 50.2 Å². The largest absolute Gasteiger partial charge is 0.351 e. The van der Waals surface area contributed by atoms with Gasteiger partial charge < -0.3 is 5.32 Å². The van der Waals surface area contributed by atoms with Crippen LogP contribution in [0.4, 0.5) is 4.39 Å². The molecule has 0 aliphatic carbocycles. The van der Waals surface area contributed by atoms with Crippen molar-refractivity contribution in [1.82, 2.24) is 15.3 Å². The highest BCUT2D eigenvalue weighted by atomic mass is 19.1. The van der Waals surface area contributed by atoms with Gasteiger partial charge in [0.1, 0.15) is 5.82 Å². The van der Waals surface area contributed by atoms with Crippen molar-refractivity contribution in [2.75, 3.05) is 6.54 Å². The highest BCUT2D eigenvalue weighted by molar-refractivity contribution is 6.07. The van der Waals surface area contributed by atoms with E-state index in [4.69, 9.17) is 4.98 Å². The third kappa shape index (κ3) is 4.31. The van der Waals surface area contributed by atoms with E-state index < -0.39 is 0 Å². The van der Waals surface area contributed by atoms with E-state index in [-0.39, 0.29) is 17.1 Å². The van der Waals surface area contributed by atoms with E-state index in [2.05, 4.69) is 10.3 Å². The van der Waals surface area contributed by atoms with Gasteiger partial charge in [-0.05, 0) is 48.4 Å². The number of rotatable bonds is 5. The van der Waals surface area contributed by atoms with Crippen molar-refractivity contribution >= 4 is 16.8 Å². The molecule has 0 aliphatic rings. The summed E-state index contributed by atoms with van der Waals surface area (Å²) in [5, 5.41) is 3.86. The lowest BCUT2D eigenvalue weighted by atomic mass is 9.84. The van der Waals surface area contributed by atoms with Gasteiger partial charge in [0.05, 0.1) is 22.5 Å². The number of benzene rings is 2. The molecule has 0 radical (unpaired) electrons. The molecule has 0 saturated heterocycles. The smallest absolute Gasteiger partial charge is 0.252 e. The first-order valence-corrected chi connectivity index (χ1v) is 10.2. The Balaban J connectivity index is 1.68. The second-order valence-electron chi connectivity index (χ2n) is 8.31. The minimum Gasteiger partial charge on any atom is -0.351 e. The Morgan fingerprint density at radius 1 is 1.00 bits per heavy atom. The first-order chi connectivity index (χ1) is 14.8. The topological polar surface area (TPSA) is 54.9 Å². The molecule has 5 heteroatoms. The van der Waals surface area contributed by atoms with Gasteiger partial charge in [0.2, 0.25) is 0 Å². The van der Waals surface area contributed by atoms with Crippen LogP contribution in [0.3, 0.4) is 0 Å². The number of fused-ring (bicyclic) bond motifs is 1. The Morgan fingerprint density at radius 3 is 2.48 bits per heavy atom. The average Bonchev–Trinajstić information content (AvgIpc) is 2.78. The Labute approximate surface area is 181 Å². The molecule has 1 N–H and O–H groups in total. The van der Waals surface area contributed by atoms with Crippen molar-refractivity contribution in [1.29, 1.82) is 0 Å². The van der Waals surface area contributed by atoms with Crippen molar-refractivity contribution < 1.29 is 9.18 Å². The average molecular weight is 413 g/mol. The zero-order chi connectivity index (χ0) is 22.0. The summed E-state index contributed by atoms with van der Waals surface area (Å²) in [6.45, 7) is 6.44. The Hall–Kier alpha value is -3.60. The number of carbonyl (C=O) groups excluding carboxylic acids is 1. The number of halogens is 1. The fourth-order valence-corrected chi connectivity index (χ4v) is 3.62. The van der Waals surface area contributed by atoms with E-state index in [0.717, 1.165) is 22.0 Å². The maximum absolute atomic E-state index is 13.3. The van der Waals surface area contributed by atoms with Crippen LogP contribution in [-0.2, 0) is 5.41 Å². The van der Waals surface area contributed by atoms with Crippen molar-refractivity contribution in [3.63, 3.8) is 0 Å². The molecule has 0 saturated carbocycles. The molecular formula is C26H24FN3O. The zero-order valence-electron chi connectivity index (χ0n) is 17.8. The number of hydrogen-bond donors (Lipinski definition) is 1. The summed E-state index contributed by atoms with van der Waals surface area (Å²) in [4.78, 5) is 22.4. The van der Waals surface area contributed by atoms with Crippen LogP contribution in [0.5, 0.6) is 0 Å². The second kappa shape index (κ2) is 8.26. The SMILES string of the molecule is Cc1cccc2c(C(=O)NCC(C)(C)c3ccc(F)cc3)cc(-c3ccccn3)nc12. The highest BCUT2D eigenvalue weighted by Crippen LogP contribution is 2.27. The lowest BCUT2D eigenvalue weighted by molar-refractivity contribution is 0.0947. The van der Waals surface area contributed by atoms with Crippen molar-refractivity contribution in [3.05, 3.63) is 95.4 Å². The molecule has 2 aromatic heterocycles. The number of para-hydroxylation sites is 1. The van der Waals surface area contributed by atoms with Crippen LogP contribution < -0.4 is 5.32 Å². The standard InChI is InChI=1S/C26H24FN3O/c1-17-7-6-8-20-21(15-23(30-24(17)20)22-9-4-5-14-28-22)25(31)29-16-26(2,3)18-10-12-19(27)13-11-18/h4-15H,16H2,1-3H3,(H,29,31). The number of nitrogens with zero attached hydrogens (tertiary/aromatic N) is 2. The summed E-state index contributed by atoms with van der Waals surface area (Å²) in [6.07, 6.45) is 1.71.